The summed E-state index contributed by atoms with van der Waals surface area (Å²) >= 11 is 0. The number of ether oxygens (including phenoxy) is 2. The van der Waals surface area contributed by atoms with Crippen molar-refractivity contribution in [3.8, 4) is 11.5 Å². The topological polar surface area (TPSA) is 111 Å². The Balaban J connectivity index is 1.17. The van der Waals surface area contributed by atoms with Crippen molar-refractivity contribution in [1.29, 1.82) is 0 Å². The number of piperidine rings is 1. The Morgan fingerprint density at radius 2 is 2.14 bits per heavy atom. The molecule has 1 amide bonds. The predicted octanol–water partition coefficient (Wildman–Crippen LogP) is 1.33. The molecule has 1 aromatic carbocycles. The second kappa shape index (κ2) is 9.96. The van der Waals surface area contributed by atoms with Gasteiger partial charge in [0.15, 0.2) is 18.2 Å². The lowest BCUT2D eigenvalue weighted by molar-refractivity contribution is -0.118. The average molecular weight is 483 g/mol. The molecule has 1 fully saturated rings. The van der Waals surface area contributed by atoms with Crippen LogP contribution in [0.1, 0.15) is 12.1 Å². The third-order valence-electron chi connectivity index (χ3n) is 6.40. The number of halogens is 1. The maximum atomic E-state index is 15.0. The van der Waals surface area contributed by atoms with Crippen LogP contribution in [0.2, 0.25) is 0 Å². The summed E-state index contributed by atoms with van der Waals surface area (Å²) < 4.78 is 27.3. The standard InChI is InChI=1S/C24H27FN6O4/c1-34-16-3-4-19-20(10-16)31(23(33)12-27-19)9-8-30-7-6-18(17(25)13-30)26-11-15-2-5-21-24(28-15)29-22(32)14-35-21/h2-5,10,12,17-18,26H,6-9,11,13-14H2,1H3,(H,28,29,32). The summed E-state index contributed by atoms with van der Waals surface area (Å²) in [5, 5.41) is 5.93. The number of rotatable bonds is 7. The molecule has 2 N–H and O–H groups in total. The van der Waals surface area contributed by atoms with Crippen molar-refractivity contribution >= 4 is 22.8 Å². The van der Waals surface area contributed by atoms with Crippen LogP contribution < -0.4 is 25.7 Å². The zero-order chi connectivity index (χ0) is 24.4. The zero-order valence-electron chi connectivity index (χ0n) is 19.4. The number of pyridine rings is 1. The van der Waals surface area contributed by atoms with Crippen LogP contribution in [-0.4, -0.2) is 70.9 Å². The molecule has 1 saturated heterocycles. The molecule has 0 saturated carbocycles. The lowest BCUT2D eigenvalue weighted by Gasteiger charge is -2.35. The van der Waals surface area contributed by atoms with Crippen molar-refractivity contribution < 1.29 is 18.7 Å². The molecule has 4 heterocycles. The Kier molecular flexibility index (Phi) is 6.60. The van der Waals surface area contributed by atoms with Gasteiger partial charge in [-0.25, -0.2) is 14.4 Å². The first kappa shape index (κ1) is 23.2. The highest BCUT2D eigenvalue weighted by Gasteiger charge is 2.29. The number of hydrogen-bond donors (Lipinski definition) is 2. The predicted molar refractivity (Wildman–Crippen MR) is 127 cm³/mol. The van der Waals surface area contributed by atoms with Gasteiger partial charge in [0.2, 0.25) is 0 Å². The Morgan fingerprint density at radius 3 is 2.97 bits per heavy atom. The van der Waals surface area contributed by atoms with Gasteiger partial charge in [0.1, 0.15) is 11.9 Å². The van der Waals surface area contributed by atoms with E-state index in [1.807, 2.05) is 11.0 Å². The number of nitrogens with one attached hydrogen (secondary N) is 2. The maximum Gasteiger partial charge on any atom is 0.269 e. The zero-order valence-corrected chi connectivity index (χ0v) is 19.4. The van der Waals surface area contributed by atoms with E-state index in [2.05, 4.69) is 20.6 Å². The van der Waals surface area contributed by atoms with Crippen molar-refractivity contribution in [3.63, 3.8) is 0 Å². The minimum Gasteiger partial charge on any atom is -0.497 e. The van der Waals surface area contributed by atoms with Crippen molar-refractivity contribution in [2.45, 2.75) is 31.7 Å². The van der Waals surface area contributed by atoms with Crippen molar-refractivity contribution in [1.82, 2.24) is 24.8 Å². The molecule has 0 spiro atoms. The Hall–Kier alpha value is -3.57. The number of aromatic nitrogens is 3. The highest BCUT2D eigenvalue weighted by Crippen LogP contribution is 2.25. The monoisotopic (exact) mass is 482 g/mol. The number of nitrogens with zero attached hydrogens (tertiary/aromatic N) is 4. The van der Waals surface area contributed by atoms with E-state index in [1.54, 1.807) is 35.9 Å². The number of benzene rings is 1. The summed E-state index contributed by atoms with van der Waals surface area (Å²) in [6.45, 7) is 2.34. The molecule has 10 nitrogen and oxygen atoms in total. The lowest BCUT2D eigenvalue weighted by Crippen LogP contribution is -2.51. The molecule has 0 radical (unpaired) electrons. The third kappa shape index (κ3) is 5.10. The van der Waals surface area contributed by atoms with Gasteiger partial charge in [-0.05, 0) is 37.2 Å². The first-order valence-electron chi connectivity index (χ1n) is 11.6. The number of carbonyl (C=O) groups is 1. The van der Waals surface area contributed by atoms with Gasteiger partial charge in [-0.1, -0.05) is 0 Å². The third-order valence-corrected chi connectivity index (χ3v) is 6.40. The van der Waals surface area contributed by atoms with Crippen LogP contribution in [-0.2, 0) is 17.9 Å². The van der Waals surface area contributed by atoms with Crippen LogP contribution >= 0.6 is 0 Å². The molecule has 5 rings (SSSR count). The van der Waals surface area contributed by atoms with Crippen molar-refractivity contribution in [2.75, 3.05) is 38.7 Å². The van der Waals surface area contributed by atoms with Crippen LogP contribution in [0.3, 0.4) is 0 Å². The Morgan fingerprint density at radius 1 is 1.26 bits per heavy atom. The number of amides is 1. The Labute approximate surface area is 201 Å². The van der Waals surface area contributed by atoms with Crippen LogP contribution in [0.4, 0.5) is 10.2 Å². The molecule has 3 aromatic rings. The van der Waals surface area contributed by atoms with Gasteiger partial charge in [-0.3, -0.25) is 14.5 Å². The highest BCUT2D eigenvalue weighted by molar-refractivity contribution is 5.94. The number of fused-ring (bicyclic) bond motifs is 2. The largest absolute Gasteiger partial charge is 0.497 e. The van der Waals surface area contributed by atoms with Gasteiger partial charge in [0, 0.05) is 38.3 Å². The molecule has 2 aromatic heterocycles. The number of methoxy groups -OCH3 is 1. The van der Waals surface area contributed by atoms with Gasteiger partial charge in [0.25, 0.3) is 11.5 Å². The van der Waals surface area contributed by atoms with Gasteiger partial charge in [-0.15, -0.1) is 0 Å². The summed E-state index contributed by atoms with van der Waals surface area (Å²) in [6.07, 6.45) is 0.886. The molecule has 2 aliphatic rings. The smallest absolute Gasteiger partial charge is 0.269 e. The summed E-state index contributed by atoms with van der Waals surface area (Å²) in [5.41, 5.74) is 1.91. The SMILES string of the molecule is COc1ccc2ncc(=O)n(CCN3CCC(NCc4ccc5c(n4)NC(=O)CO5)C(F)C3)c2c1. The first-order chi connectivity index (χ1) is 17.0. The first-order valence-corrected chi connectivity index (χ1v) is 11.6. The fourth-order valence-corrected chi connectivity index (χ4v) is 4.48. The van der Waals surface area contributed by atoms with E-state index in [0.29, 0.717) is 66.6 Å². The average Bonchev–Trinajstić information content (AvgIpc) is 2.87. The van der Waals surface area contributed by atoms with E-state index in [4.69, 9.17) is 9.47 Å². The van der Waals surface area contributed by atoms with Gasteiger partial charge >= 0.3 is 0 Å². The van der Waals surface area contributed by atoms with Gasteiger partial charge in [-0.2, -0.15) is 0 Å². The molecule has 0 aliphatic carbocycles. The number of alkyl halides is 1. The van der Waals surface area contributed by atoms with E-state index < -0.39 is 6.17 Å². The number of anilines is 1. The Bertz CT molecular complexity index is 1300. The second-order valence-electron chi connectivity index (χ2n) is 8.68. The summed E-state index contributed by atoms with van der Waals surface area (Å²) in [5.74, 6) is 1.33. The van der Waals surface area contributed by atoms with E-state index in [0.717, 1.165) is 0 Å². The highest BCUT2D eigenvalue weighted by atomic mass is 19.1. The molecule has 11 heteroatoms. The maximum absolute atomic E-state index is 15.0. The number of hydrogen-bond acceptors (Lipinski definition) is 8. The fourth-order valence-electron chi connectivity index (χ4n) is 4.48. The minimum absolute atomic E-state index is 0.0193. The quantitative estimate of drug-likeness (QED) is 0.519. The molecular formula is C24H27FN6O4. The molecule has 0 bridgehead atoms. The summed E-state index contributed by atoms with van der Waals surface area (Å²) in [6, 6.07) is 8.68. The van der Waals surface area contributed by atoms with Gasteiger partial charge in [0.05, 0.1) is 30.0 Å². The molecule has 184 valence electrons. The van der Waals surface area contributed by atoms with E-state index in [-0.39, 0.29) is 30.7 Å². The van der Waals surface area contributed by atoms with E-state index >= 15 is 0 Å². The van der Waals surface area contributed by atoms with Crippen LogP contribution in [0, 0.1) is 0 Å². The van der Waals surface area contributed by atoms with Crippen molar-refractivity contribution in [2.24, 2.45) is 0 Å². The normalized spacial score (nSPS) is 20.2. The summed E-state index contributed by atoms with van der Waals surface area (Å²) in [4.78, 5) is 34.6. The van der Waals surface area contributed by atoms with E-state index in [9.17, 15) is 14.0 Å². The molecular weight excluding hydrogens is 455 g/mol. The number of carbonyl (C=O) groups excluding carboxylic acids is 1. The molecule has 35 heavy (non-hydrogen) atoms. The van der Waals surface area contributed by atoms with Crippen LogP contribution in [0.25, 0.3) is 11.0 Å². The molecule has 2 unspecified atom stereocenters. The van der Waals surface area contributed by atoms with E-state index in [1.165, 1.54) is 6.20 Å². The number of likely N-dealkylation sites (tertiary alicyclic amines) is 1. The fraction of sp³-hybridized carbons (Fsp3) is 0.417. The molecule has 2 aliphatic heterocycles. The van der Waals surface area contributed by atoms with Crippen LogP contribution in [0.5, 0.6) is 11.5 Å². The lowest BCUT2D eigenvalue weighted by atomic mass is 10.0. The van der Waals surface area contributed by atoms with Crippen LogP contribution in [0.15, 0.2) is 41.3 Å². The van der Waals surface area contributed by atoms with Gasteiger partial charge < -0.3 is 24.7 Å². The second-order valence-corrected chi connectivity index (χ2v) is 8.68. The minimum atomic E-state index is -1.06. The van der Waals surface area contributed by atoms with Crippen molar-refractivity contribution in [3.05, 3.63) is 52.6 Å². The molecule has 2 atom stereocenters. The summed E-state index contributed by atoms with van der Waals surface area (Å²) in [7, 11) is 1.58.